The van der Waals surface area contributed by atoms with Gasteiger partial charge < -0.3 is 18.9 Å². The van der Waals surface area contributed by atoms with E-state index in [4.69, 9.17) is 27.3 Å². The van der Waals surface area contributed by atoms with Crippen LogP contribution in [0, 0.1) is 11.8 Å². The van der Waals surface area contributed by atoms with Gasteiger partial charge in [0.15, 0.2) is 0 Å². The first-order valence-corrected chi connectivity index (χ1v) is 36.8. The summed E-state index contributed by atoms with van der Waals surface area (Å²) in [5.41, 5.74) is 0.345. The van der Waals surface area contributed by atoms with Crippen molar-refractivity contribution in [3.8, 4) is 11.1 Å². The molecular weight excluding hydrogens is 1300 g/mol. The molecule has 530 valence electrons. The molecule has 2 N–H and O–H groups in total. The average Bonchev–Trinajstić information content (AvgIpc) is 0.756. The quantitative estimate of drug-likeness (QED) is 0.0136. The van der Waals surface area contributed by atoms with Crippen LogP contribution in [0.15, 0.2) is 240 Å². The minimum absolute atomic E-state index is 0.0771. The molecule has 0 aliphatic carbocycles. The van der Waals surface area contributed by atoms with Crippen LogP contribution in [0.3, 0.4) is 0 Å². The second-order valence-electron chi connectivity index (χ2n) is 29.0. The van der Waals surface area contributed by atoms with Crippen LogP contribution < -0.4 is 10.6 Å². The van der Waals surface area contributed by atoms with Crippen molar-refractivity contribution in [3.05, 3.63) is 264 Å². The van der Waals surface area contributed by atoms with Crippen molar-refractivity contribution in [1.82, 2.24) is 10.6 Å². The lowest BCUT2D eigenvalue weighted by atomic mass is 9.76. The first kappa shape index (κ1) is 77.1. The normalized spacial score (nSPS) is 13.8. The predicted octanol–water partition coefficient (Wildman–Crippen LogP) is 15.6. The van der Waals surface area contributed by atoms with Crippen LogP contribution in [0.2, 0.25) is 0 Å². The molecule has 0 saturated carbocycles. The lowest BCUT2D eigenvalue weighted by Crippen LogP contribution is -2.54. The van der Waals surface area contributed by atoms with Gasteiger partial charge in [-0.25, -0.2) is 0 Å². The lowest BCUT2D eigenvalue weighted by Gasteiger charge is -2.40. The van der Waals surface area contributed by atoms with Crippen molar-refractivity contribution in [3.63, 3.8) is 0 Å². The van der Waals surface area contributed by atoms with Crippen LogP contribution in [0.4, 0.5) is 0 Å². The number of hydrogen-bond donors (Lipinski definition) is 2. The van der Waals surface area contributed by atoms with Gasteiger partial charge in [0.2, 0.25) is 0 Å². The highest BCUT2D eigenvalue weighted by molar-refractivity contribution is 7.87. The number of esters is 4. The first-order valence-electron chi connectivity index (χ1n) is 34.0. The smallest absolute Gasteiger partial charge is 0.323 e. The number of benzene rings is 8. The molecule has 0 bridgehead atoms. The SMILES string of the molecule is CC(C)(C)OC(=O)[C@@H](CCCOS(=O)(=O)c1ccc(-c2ccc(S(=O)(=O)OCCC[C@@H](C[C@H](NC(c3ccccc3)(c3ccccc3)c3ccccc3)C(=O)OC(C)(C)C)C(=O)OC(C)(C)C)cc2)cc1)C[C@H](NC(c1ccccc1)(c1ccccc1)c1ccccc1)C(=O)OC(C)(C)C. The van der Waals surface area contributed by atoms with Crippen molar-refractivity contribution in [1.29, 1.82) is 0 Å². The van der Waals surface area contributed by atoms with Gasteiger partial charge >= 0.3 is 23.9 Å². The minimum atomic E-state index is -4.34. The Balaban J connectivity index is 0.941. The van der Waals surface area contributed by atoms with Gasteiger partial charge in [0.05, 0.1) is 45.9 Å². The van der Waals surface area contributed by atoms with E-state index in [1.165, 1.54) is 24.3 Å². The molecule has 0 amide bonds. The summed E-state index contributed by atoms with van der Waals surface area (Å²) in [7, 11) is -8.68. The van der Waals surface area contributed by atoms with Crippen LogP contribution in [0.5, 0.6) is 0 Å². The fourth-order valence-corrected chi connectivity index (χ4v) is 14.0. The van der Waals surface area contributed by atoms with Crippen LogP contribution in [-0.4, -0.2) is 88.4 Å². The average molecular weight is 1400 g/mol. The van der Waals surface area contributed by atoms with E-state index in [0.29, 0.717) is 11.1 Å². The highest BCUT2D eigenvalue weighted by Crippen LogP contribution is 2.41. The number of ether oxygens (including phenoxy) is 4. The summed E-state index contributed by atoms with van der Waals surface area (Å²) >= 11 is 0. The standard InChI is InChI=1S/C82H96N2O14S2/c1-77(2,3)95-73(85)61(57-71(75(87)97-79(7,8)9)83-81(63-35-19-13-20-36-63,64-37-21-14-22-38-64)65-39-23-15-24-40-65)33-31-55-93-99(89,90)69-51-47-59(48-52-69)60-49-53-70(54-50-60)100(91,92)94-56-32-34-62(74(86)96-78(4,5)6)58-72(76(88)98-80(10,11)12)84-82(66-41-25-16-26-42-66,67-43-27-17-28-44-67)68-45-29-18-30-46-68/h13-30,35-54,61-62,71-72,83-84H,31-34,55-58H2,1-12H3/t61-,62-,71-,72-/m0/s1. The highest BCUT2D eigenvalue weighted by atomic mass is 32.2. The Hall–Kier alpha value is -8.62. The number of rotatable bonds is 31. The highest BCUT2D eigenvalue weighted by Gasteiger charge is 2.45. The number of hydrogen-bond acceptors (Lipinski definition) is 16. The predicted molar refractivity (Wildman–Crippen MR) is 388 cm³/mol. The summed E-state index contributed by atoms with van der Waals surface area (Å²) < 4.78 is 90.5. The van der Waals surface area contributed by atoms with Crippen LogP contribution in [-0.2, 0) is 77.8 Å². The molecule has 18 heteroatoms. The van der Waals surface area contributed by atoms with Gasteiger partial charge in [-0.2, -0.15) is 16.8 Å². The van der Waals surface area contributed by atoms with Crippen molar-refractivity contribution in [2.75, 3.05) is 13.2 Å². The second-order valence-corrected chi connectivity index (χ2v) is 32.2. The molecule has 0 spiro atoms. The van der Waals surface area contributed by atoms with Gasteiger partial charge in [0.25, 0.3) is 20.2 Å². The number of carbonyl (C=O) groups excluding carboxylic acids is 4. The second kappa shape index (κ2) is 33.2. The van der Waals surface area contributed by atoms with Gasteiger partial charge in [-0.05, 0) is 190 Å². The fraction of sp³-hybridized carbons (Fsp3) is 0.366. The molecule has 8 rings (SSSR count). The molecule has 8 aromatic rings. The Morgan fingerprint density at radius 1 is 0.320 bits per heavy atom. The van der Waals surface area contributed by atoms with E-state index >= 15 is 0 Å². The number of nitrogens with one attached hydrogen (secondary N) is 2. The molecule has 0 aliphatic rings. The Morgan fingerprint density at radius 3 is 0.760 bits per heavy atom. The monoisotopic (exact) mass is 1400 g/mol. The van der Waals surface area contributed by atoms with Crippen molar-refractivity contribution < 1.29 is 63.3 Å². The lowest BCUT2D eigenvalue weighted by molar-refractivity contribution is -0.165. The summed E-state index contributed by atoms with van der Waals surface area (Å²) in [6.07, 6.45) is 0.193. The molecule has 100 heavy (non-hydrogen) atoms. The maximum absolute atomic E-state index is 14.6. The van der Waals surface area contributed by atoms with Crippen molar-refractivity contribution >= 4 is 44.1 Å². The first-order chi connectivity index (χ1) is 47.2. The number of carbonyl (C=O) groups is 4. The molecule has 0 aromatic heterocycles. The van der Waals surface area contributed by atoms with Gasteiger partial charge in [-0.15, -0.1) is 0 Å². The zero-order chi connectivity index (χ0) is 72.6. The molecule has 0 fully saturated rings. The molecule has 0 saturated heterocycles. The molecule has 0 unspecified atom stereocenters. The largest absolute Gasteiger partial charge is 0.460 e. The van der Waals surface area contributed by atoms with Gasteiger partial charge in [-0.1, -0.05) is 206 Å². The zero-order valence-corrected chi connectivity index (χ0v) is 61.1. The summed E-state index contributed by atoms with van der Waals surface area (Å²) in [5, 5.41) is 7.46. The minimum Gasteiger partial charge on any atom is -0.460 e. The Labute approximate surface area is 591 Å². The Morgan fingerprint density at radius 2 is 0.540 bits per heavy atom. The molecule has 0 heterocycles. The topological polar surface area (TPSA) is 216 Å². The van der Waals surface area contributed by atoms with E-state index in [9.17, 15) is 36.0 Å². The van der Waals surface area contributed by atoms with Crippen LogP contribution in [0.25, 0.3) is 11.1 Å². The van der Waals surface area contributed by atoms with E-state index < -0.39 is 102 Å². The van der Waals surface area contributed by atoms with Crippen LogP contribution in [0.1, 0.15) is 155 Å². The Kier molecular flexibility index (Phi) is 25.6. The summed E-state index contributed by atoms with van der Waals surface area (Å²) in [5.74, 6) is -4.18. The molecule has 16 nitrogen and oxygen atoms in total. The third kappa shape index (κ3) is 21.2. The van der Waals surface area contributed by atoms with E-state index in [0.717, 1.165) is 33.4 Å². The molecule has 0 aliphatic heterocycles. The third-order valence-electron chi connectivity index (χ3n) is 16.4. The maximum atomic E-state index is 14.6. The molecule has 4 atom stereocenters. The Bertz CT molecular complexity index is 3710. The third-order valence-corrected chi connectivity index (χ3v) is 19.1. The van der Waals surface area contributed by atoms with E-state index in [2.05, 4.69) is 10.6 Å². The maximum Gasteiger partial charge on any atom is 0.323 e. The van der Waals surface area contributed by atoms with E-state index in [-0.39, 0.29) is 61.5 Å². The molecule has 0 radical (unpaired) electrons. The molecular formula is C82H96N2O14S2. The fourth-order valence-electron chi connectivity index (χ4n) is 12.1. The van der Waals surface area contributed by atoms with E-state index in [1.54, 1.807) is 107 Å². The van der Waals surface area contributed by atoms with Gasteiger partial charge in [0.1, 0.15) is 34.5 Å². The van der Waals surface area contributed by atoms with E-state index in [1.807, 2.05) is 182 Å². The van der Waals surface area contributed by atoms with Gasteiger partial charge in [-0.3, -0.25) is 38.2 Å². The van der Waals surface area contributed by atoms with Crippen molar-refractivity contribution in [2.45, 2.75) is 177 Å². The van der Waals surface area contributed by atoms with Gasteiger partial charge in [0, 0.05) is 0 Å². The summed E-state index contributed by atoms with van der Waals surface area (Å²) in [6, 6.07) is 68.1. The summed E-state index contributed by atoms with van der Waals surface area (Å²) in [6.45, 7) is 20.6. The summed E-state index contributed by atoms with van der Waals surface area (Å²) in [4.78, 5) is 57.6. The van der Waals surface area contributed by atoms with Crippen LogP contribution >= 0.6 is 0 Å². The zero-order valence-electron chi connectivity index (χ0n) is 59.4. The molecule has 8 aromatic carbocycles. The van der Waals surface area contributed by atoms with Crippen molar-refractivity contribution in [2.24, 2.45) is 11.8 Å².